The molecule has 6 rings (SSSR count). The van der Waals surface area contributed by atoms with Crippen molar-refractivity contribution in [3.05, 3.63) is 151 Å². The van der Waals surface area contributed by atoms with Crippen LogP contribution in [0.4, 0.5) is 0 Å². The summed E-state index contributed by atoms with van der Waals surface area (Å²) in [4.78, 5) is 0. The molecule has 188 valence electrons. The summed E-state index contributed by atoms with van der Waals surface area (Å²) in [6.07, 6.45) is 0. The monoisotopic (exact) mass is 502 g/mol. The fraction of sp³-hybridized carbons (Fsp3) is 0.0526. The van der Waals surface area contributed by atoms with Crippen LogP contribution in [0, 0.1) is 6.92 Å². The van der Waals surface area contributed by atoms with Crippen LogP contribution in [0.25, 0.3) is 55.6 Å². The minimum absolute atomic E-state index is 0.897. The molecule has 0 spiro atoms. The number of para-hydroxylation sites is 1. The standard InChI is InChI=1S/C38H30O/c1-27-11-13-28(14-12-27)29-15-17-30(18-16-29)31-19-21-32(22-20-31)33-23-25-35(26-24-33)37-10-6-9-36(38(37)39-2)34-7-4-3-5-8-34/h3-26H,1-2H3. The van der Waals surface area contributed by atoms with E-state index in [-0.39, 0.29) is 0 Å². The van der Waals surface area contributed by atoms with Crippen molar-refractivity contribution in [3.63, 3.8) is 0 Å². The molecule has 0 amide bonds. The molecule has 1 nitrogen and oxygen atoms in total. The van der Waals surface area contributed by atoms with Gasteiger partial charge in [-0.1, -0.05) is 151 Å². The summed E-state index contributed by atoms with van der Waals surface area (Å²) in [6, 6.07) is 51.8. The van der Waals surface area contributed by atoms with E-state index in [1.807, 2.05) is 6.07 Å². The predicted molar refractivity (Wildman–Crippen MR) is 165 cm³/mol. The van der Waals surface area contributed by atoms with Gasteiger partial charge in [-0.2, -0.15) is 0 Å². The normalized spacial score (nSPS) is 10.8. The number of hydrogen-bond donors (Lipinski definition) is 0. The number of methoxy groups -OCH3 is 1. The van der Waals surface area contributed by atoms with E-state index < -0.39 is 0 Å². The molecule has 0 aliphatic rings. The Morgan fingerprint density at radius 2 is 0.667 bits per heavy atom. The van der Waals surface area contributed by atoms with E-state index in [0.717, 1.165) is 28.0 Å². The molecule has 0 heterocycles. The lowest BCUT2D eigenvalue weighted by Gasteiger charge is -2.14. The molecular formula is C38H30O. The SMILES string of the molecule is COc1c(-c2ccccc2)cccc1-c1ccc(-c2ccc(-c3ccc(-c4ccc(C)cc4)cc3)cc2)cc1. The molecule has 0 N–H and O–H groups in total. The summed E-state index contributed by atoms with van der Waals surface area (Å²) in [5.74, 6) is 0.897. The average molecular weight is 503 g/mol. The molecule has 6 aromatic carbocycles. The lowest BCUT2D eigenvalue weighted by Crippen LogP contribution is -1.92. The first-order valence-corrected chi connectivity index (χ1v) is 13.3. The van der Waals surface area contributed by atoms with Crippen LogP contribution in [0.3, 0.4) is 0 Å². The minimum atomic E-state index is 0.897. The summed E-state index contributed by atoms with van der Waals surface area (Å²) >= 11 is 0. The van der Waals surface area contributed by atoms with Gasteiger partial charge in [0.15, 0.2) is 0 Å². The maximum Gasteiger partial charge on any atom is 0.134 e. The molecule has 0 aliphatic heterocycles. The van der Waals surface area contributed by atoms with Gasteiger partial charge in [-0.05, 0) is 51.4 Å². The Kier molecular flexibility index (Phi) is 6.80. The fourth-order valence-corrected chi connectivity index (χ4v) is 5.13. The molecule has 0 radical (unpaired) electrons. The molecule has 6 aromatic rings. The first-order chi connectivity index (χ1) is 19.2. The summed E-state index contributed by atoms with van der Waals surface area (Å²) in [7, 11) is 1.75. The summed E-state index contributed by atoms with van der Waals surface area (Å²) in [5, 5.41) is 0. The summed E-state index contributed by atoms with van der Waals surface area (Å²) < 4.78 is 5.89. The molecule has 0 saturated carbocycles. The van der Waals surface area contributed by atoms with E-state index in [0.29, 0.717) is 0 Å². The molecule has 0 fully saturated rings. The molecular weight excluding hydrogens is 472 g/mol. The fourth-order valence-electron chi connectivity index (χ4n) is 5.13. The first-order valence-electron chi connectivity index (χ1n) is 13.3. The van der Waals surface area contributed by atoms with Gasteiger partial charge < -0.3 is 4.74 Å². The van der Waals surface area contributed by atoms with E-state index >= 15 is 0 Å². The van der Waals surface area contributed by atoms with Gasteiger partial charge in [0.25, 0.3) is 0 Å². The van der Waals surface area contributed by atoms with Crippen LogP contribution in [0.5, 0.6) is 5.75 Å². The van der Waals surface area contributed by atoms with Crippen LogP contribution >= 0.6 is 0 Å². The maximum atomic E-state index is 5.89. The Hall–Kier alpha value is -4.88. The highest BCUT2D eigenvalue weighted by atomic mass is 16.5. The summed E-state index contributed by atoms with van der Waals surface area (Å²) in [5.41, 5.74) is 13.1. The molecule has 0 aromatic heterocycles. The largest absolute Gasteiger partial charge is 0.495 e. The number of ether oxygens (including phenoxy) is 1. The van der Waals surface area contributed by atoms with Gasteiger partial charge >= 0.3 is 0 Å². The molecule has 0 atom stereocenters. The van der Waals surface area contributed by atoms with Crippen LogP contribution in [-0.4, -0.2) is 7.11 Å². The Bertz CT molecular complexity index is 1680. The van der Waals surface area contributed by atoms with Crippen molar-refractivity contribution < 1.29 is 4.74 Å². The number of rotatable bonds is 6. The van der Waals surface area contributed by atoms with Crippen LogP contribution in [0.1, 0.15) is 5.56 Å². The van der Waals surface area contributed by atoms with Crippen LogP contribution in [0.2, 0.25) is 0 Å². The zero-order chi connectivity index (χ0) is 26.6. The van der Waals surface area contributed by atoms with E-state index in [4.69, 9.17) is 4.74 Å². The number of hydrogen-bond acceptors (Lipinski definition) is 1. The Morgan fingerprint density at radius 1 is 0.333 bits per heavy atom. The topological polar surface area (TPSA) is 9.23 Å². The third kappa shape index (κ3) is 5.12. The second-order valence-electron chi connectivity index (χ2n) is 9.85. The van der Waals surface area contributed by atoms with Crippen LogP contribution in [-0.2, 0) is 0 Å². The van der Waals surface area contributed by atoms with Crippen molar-refractivity contribution in [3.8, 4) is 61.4 Å². The number of benzene rings is 6. The van der Waals surface area contributed by atoms with E-state index in [1.165, 1.54) is 38.9 Å². The Labute approximate surface area is 231 Å². The van der Waals surface area contributed by atoms with Crippen molar-refractivity contribution in [2.24, 2.45) is 0 Å². The lowest BCUT2D eigenvalue weighted by molar-refractivity contribution is 0.418. The molecule has 0 unspecified atom stereocenters. The molecule has 39 heavy (non-hydrogen) atoms. The van der Waals surface area contributed by atoms with Crippen molar-refractivity contribution >= 4 is 0 Å². The first kappa shape index (κ1) is 24.5. The van der Waals surface area contributed by atoms with E-state index in [2.05, 4.69) is 146 Å². The molecule has 0 saturated heterocycles. The van der Waals surface area contributed by atoms with Crippen molar-refractivity contribution in [1.82, 2.24) is 0 Å². The smallest absolute Gasteiger partial charge is 0.134 e. The minimum Gasteiger partial charge on any atom is -0.495 e. The van der Waals surface area contributed by atoms with Crippen molar-refractivity contribution in [1.29, 1.82) is 0 Å². The molecule has 0 bridgehead atoms. The second kappa shape index (κ2) is 10.8. The Morgan fingerprint density at radius 3 is 1.05 bits per heavy atom. The van der Waals surface area contributed by atoms with Gasteiger partial charge in [0.2, 0.25) is 0 Å². The average Bonchev–Trinajstić information content (AvgIpc) is 3.02. The molecule has 1 heteroatoms. The maximum absolute atomic E-state index is 5.89. The van der Waals surface area contributed by atoms with Crippen LogP contribution in [0.15, 0.2) is 146 Å². The van der Waals surface area contributed by atoms with Crippen molar-refractivity contribution in [2.45, 2.75) is 6.92 Å². The third-order valence-corrected chi connectivity index (χ3v) is 7.32. The highest BCUT2D eigenvalue weighted by Gasteiger charge is 2.12. The zero-order valence-corrected chi connectivity index (χ0v) is 22.3. The number of aryl methyl sites for hydroxylation is 1. The van der Waals surface area contributed by atoms with Crippen LogP contribution < -0.4 is 4.74 Å². The van der Waals surface area contributed by atoms with Gasteiger partial charge in [0, 0.05) is 11.1 Å². The Balaban J connectivity index is 1.22. The van der Waals surface area contributed by atoms with Gasteiger partial charge in [-0.15, -0.1) is 0 Å². The summed E-state index contributed by atoms with van der Waals surface area (Å²) in [6.45, 7) is 2.12. The zero-order valence-electron chi connectivity index (χ0n) is 22.3. The second-order valence-corrected chi connectivity index (χ2v) is 9.85. The quantitative estimate of drug-likeness (QED) is 0.220. The van der Waals surface area contributed by atoms with Crippen molar-refractivity contribution in [2.75, 3.05) is 7.11 Å². The highest BCUT2D eigenvalue weighted by Crippen LogP contribution is 2.39. The van der Waals surface area contributed by atoms with Gasteiger partial charge in [0.05, 0.1) is 7.11 Å². The van der Waals surface area contributed by atoms with E-state index in [9.17, 15) is 0 Å². The highest BCUT2D eigenvalue weighted by molar-refractivity contribution is 5.83. The van der Waals surface area contributed by atoms with E-state index in [1.54, 1.807) is 7.11 Å². The van der Waals surface area contributed by atoms with Gasteiger partial charge in [0.1, 0.15) is 5.75 Å². The van der Waals surface area contributed by atoms with Gasteiger partial charge in [-0.3, -0.25) is 0 Å². The van der Waals surface area contributed by atoms with Gasteiger partial charge in [-0.25, -0.2) is 0 Å². The lowest BCUT2D eigenvalue weighted by atomic mass is 9.95. The molecule has 0 aliphatic carbocycles. The predicted octanol–water partition coefficient (Wildman–Crippen LogP) is 10.3. The third-order valence-electron chi connectivity index (χ3n) is 7.32.